The number of ether oxygens (including phenoxy) is 8. The number of hydrogen-bond acceptors (Lipinski definition) is 17. The highest BCUT2D eigenvalue weighted by molar-refractivity contribution is 6.85. The maximum absolute atomic E-state index is 13.1. The summed E-state index contributed by atoms with van der Waals surface area (Å²) < 4.78 is 57.6. The predicted octanol–water partition coefficient (Wildman–Crippen LogP) is 17.6. The second kappa shape index (κ2) is 44.2. The maximum atomic E-state index is 13.1. The monoisotopic (exact) mass is 1370 g/mol. The lowest BCUT2D eigenvalue weighted by Crippen LogP contribution is -2.44. The Morgan fingerprint density at radius 1 is 0.376 bits per heavy atom. The van der Waals surface area contributed by atoms with Crippen LogP contribution in [0.2, 0.25) is 76.6 Å². The maximum Gasteiger partial charge on any atom is 0.343 e. The molecule has 93 heavy (non-hydrogen) atoms. The largest absolute Gasteiger partial charge is 0.494 e. The van der Waals surface area contributed by atoms with Gasteiger partial charge in [-0.2, -0.15) is 0 Å². The van der Waals surface area contributed by atoms with Gasteiger partial charge in [0.05, 0.1) is 64.0 Å². The second-order valence-corrected chi connectivity index (χ2v) is 46.2. The van der Waals surface area contributed by atoms with Crippen molar-refractivity contribution < 1.29 is 79.7 Å². The van der Waals surface area contributed by atoms with Crippen molar-refractivity contribution in [3.8, 4) is 17.2 Å². The lowest BCUT2D eigenvalue weighted by atomic mass is 9.68. The normalized spacial score (nSPS) is 17.0. The summed E-state index contributed by atoms with van der Waals surface area (Å²) in [6, 6.07) is 17.0. The van der Waals surface area contributed by atoms with Crippen LogP contribution in [0.5, 0.6) is 17.2 Å². The molecule has 2 aliphatic rings. The van der Waals surface area contributed by atoms with E-state index in [-0.39, 0.29) is 62.1 Å². The molecular formula is C72H120O17Si4. The second-order valence-electron chi connectivity index (χ2n) is 28.5. The fraction of sp³-hybridized carbons (Fsp3) is 0.736. The molecule has 0 amide bonds. The van der Waals surface area contributed by atoms with E-state index in [1.807, 2.05) is 0 Å². The zero-order chi connectivity index (χ0) is 68.0. The number of esters is 7. The first-order valence-electron chi connectivity index (χ1n) is 35.8. The van der Waals surface area contributed by atoms with Crippen LogP contribution in [0, 0.1) is 23.7 Å². The molecule has 0 saturated heterocycles. The molecule has 0 unspecified atom stereocenters. The van der Waals surface area contributed by atoms with Crippen LogP contribution in [0.15, 0.2) is 48.5 Å². The van der Waals surface area contributed by atoms with E-state index in [0.29, 0.717) is 88.0 Å². The summed E-state index contributed by atoms with van der Waals surface area (Å²) in [5.41, 5.74) is 0.399. The van der Waals surface area contributed by atoms with Gasteiger partial charge in [-0.3, -0.25) is 28.8 Å². The molecule has 4 rings (SSSR count). The first-order valence-corrected chi connectivity index (χ1v) is 48.3. The molecule has 2 aromatic rings. The first kappa shape index (κ1) is 80.7. The number of rotatable bonds is 48. The van der Waals surface area contributed by atoms with E-state index in [4.69, 9.17) is 46.1 Å². The highest BCUT2D eigenvalue weighted by Gasteiger charge is 2.36. The Labute approximate surface area is 563 Å². The van der Waals surface area contributed by atoms with Crippen LogP contribution >= 0.6 is 0 Å². The van der Waals surface area contributed by atoms with Crippen LogP contribution in [0.4, 0.5) is 0 Å². The summed E-state index contributed by atoms with van der Waals surface area (Å²) in [6.07, 6.45) is 25.4. The van der Waals surface area contributed by atoms with Gasteiger partial charge in [-0.05, 0) is 233 Å². The van der Waals surface area contributed by atoms with Gasteiger partial charge in [0.2, 0.25) is 0 Å². The zero-order valence-corrected chi connectivity index (χ0v) is 62.9. The minimum atomic E-state index is -2.06. The average Bonchev–Trinajstić information content (AvgIpc) is 1.38. The SMILES string of the molecule is CCCCCC1CCC(C2CCC(C(=O)Oc3ccc(OC(=O)c4ccc(OCCCCCCCCOC(=O)CCC(=O)OCCC[Si](C)(C)O[Si](C)(C)CCCOC(=O)CCCCC(=O)OCCC[Si](C)(C)O[Si](C)(C)CCCOC(=O)CC)cc4)cc3)CC2)CC1. The van der Waals surface area contributed by atoms with E-state index in [1.165, 1.54) is 51.4 Å². The third kappa shape index (κ3) is 36.9. The Kier molecular flexibility index (Phi) is 38.4. The summed E-state index contributed by atoms with van der Waals surface area (Å²) in [5.74, 6) is 1.75. The number of benzene rings is 2. The lowest BCUT2D eigenvalue weighted by Gasteiger charge is -2.37. The van der Waals surface area contributed by atoms with E-state index < -0.39 is 51.2 Å². The third-order valence-corrected chi connectivity index (χ3v) is 33.0. The van der Waals surface area contributed by atoms with Crippen molar-refractivity contribution >= 4 is 75.1 Å². The minimum Gasteiger partial charge on any atom is -0.494 e. The van der Waals surface area contributed by atoms with Crippen LogP contribution in [0.1, 0.15) is 210 Å². The first-order chi connectivity index (χ1) is 44.3. The summed E-state index contributed by atoms with van der Waals surface area (Å²) in [5, 5.41) is 0. The number of hydrogen-bond donors (Lipinski definition) is 0. The van der Waals surface area contributed by atoms with Gasteiger partial charge in [0.25, 0.3) is 0 Å². The topological polar surface area (TPSA) is 212 Å². The van der Waals surface area contributed by atoms with Crippen LogP contribution in [-0.4, -0.2) is 115 Å². The van der Waals surface area contributed by atoms with Crippen molar-refractivity contribution in [2.45, 2.75) is 277 Å². The van der Waals surface area contributed by atoms with Gasteiger partial charge in [-0.15, -0.1) is 0 Å². The van der Waals surface area contributed by atoms with Gasteiger partial charge in [0, 0.05) is 19.3 Å². The Morgan fingerprint density at radius 2 is 0.753 bits per heavy atom. The Balaban J connectivity index is 0.915. The fourth-order valence-corrected chi connectivity index (χ4v) is 30.5. The van der Waals surface area contributed by atoms with Crippen LogP contribution in [-0.2, 0) is 60.7 Å². The van der Waals surface area contributed by atoms with Crippen molar-refractivity contribution in [2.75, 3.05) is 39.6 Å². The molecule has 0 aromatic heterocycles. The molecule has 2 fully saturated rings. The Hall–Kier alpha value is -4.68. The zero-order valence-electron chi connectivity index (χ0n) is 58.9. The van der Waals surface area contributed by atoms with Gasteiger partial charge in [0.1, 0.15) is 17.2 Å². The van der Waals surface area contributed by atoms with Gasteiger partial charge in [-0.25, -0.2) is 4.79 Å². The van der Waals surface area contributed by atoms with E-state index >= 15 is 0 Å². The molecule has 21 heteroatoms. The van der Waals surface area contributed by atoms with Gasteiger partial charge < -0.3 is 46.1 Å². The fourth-order valence-electron chi connectivity index (χ4n) is 12.9. The van der Waals surface area contributed by atoms with Crippen LogP contribution < -0.4 is 14.2 Å². The van der Waals surface area contributed by atoms with E-state index in [1.54, 1.807) is 55.5 Å². The molecule has 2 saturated carbocycles. The molecule has 0 radical (unpaired) electrons. The molecule has 0 heterocycles. The smallest absolute Gasteiger partial charge is 0.343 e. The van der Waals surface area contributed by atoms with Crippen LogP contribution in [0.25, 0.3) is 0 Å². The number of unbranched alkanes of at least 4 members (excludes halogenated alkanes) is 8. The highest BCUT2D eigenvalue weighted by Crippen LogP contribution is 2.43. The molecule has 0 aliphatic heterocycles. The lowest BCUT2D eigenvalue weighted by molar-refractivity contribution is -0.150. The van der Waals surface area contributed by atoms with Crippen molar-refractivity contribution in [3.05, 3.63) is 54.1 Å². The Bertz CT molecular complexity index is 2490. The quantitative estimate of drug-likeness (QED) is 0.0198. The van der Waals surface area contributed by atoms with Gasteiger partial charge >= 0.3 is 41.8 Å². The molecule has 0 spiro atoms. The molecule has 0 N–H and O–H groups in total. The average molecular weight is 1370 g/mol. The van der Waals surface area contributed by atoms with Crippen LogP contribution in [0.3, 0.4) is 0 Å². The van der Waals surface area contributed by atoms with Crippen molar-refractivity contribution in [1.29, 1.82) is 0 Å². The van der Waals surface area contributed by atoms with Gasteiger partial charge in [-0.1, -0.05) is 78.1 Å². The van der Waals surface area contributed by atoms with Gasteiger partial charge in [0.15, 0.2) is 33.3 Å². The highest BCUT2D eigenvalue weighted by atomic mass is 28.4. The molecule has 17 nitrogen and oxygen atoms in total. The molecule has 2 aliphatic carbocycles. The van der Waals surface area contributed by atoms with Crippen molar-refractivity contribution in [2.24, 2.45) is 23.7 Å². The van der Waals surface area contributed by atoms with Crippen molar-refractivity contribution in [3.63, 3.8) is 0 Å². The summed E-state index contributed by atoms with van der Waals surface area (Å²) in [4.78, 5) is 86.8. The third-order valence-electron chi connectivity index (χ3n) is 18.0. The molecule has 0 atom stereocenters. The van der Waals surface area contributed by atoms with Crippen molar-refractivity contribution in [1.82, 2.24) is 0 Å². The summed E-state index contributed by atoms with van der Waals surface area (Å²) >= 11 is 0. The minimum absolute atomic E-state index is 0.0146. The molecule has 526 valence electrons. The summed E-state index contributed by atoms with van der Waals surface area (Å²) in [6.45, 7) is 23.8. The molecule has 0 bridgehead atoms. The number of carbonyl (C=O) groups is 7. The Morgan fingerprint density at radius 3 is 1.19 bits per heavy atom. The molecular weight excluding hydrogens is 1250 g/mol. The molecule has 2 aromatic carbocycles. The van der Waals surface area contributed by atoms with E-state index in [2.05, 4.69) is 59.3 Å². The summed E-state index contributed by atoms with van der Waals surface area (Å²) in [7, 11) is -7.95. The van der Waals surface area contributed by atoms with E-state index in [0.717, 1.165) is 119 Å². The standard InChI is InChI=1S/C72H120O17Si4/c1-11-13-18-27-58-30-32-59(33-31-58)60-34-36-61(37-35-60)71(78)86-64-42-44-65(45-43-64)87-72(79)62-38-40-63(41-39-62)80-48-21-16-14-15-17-22-49-82-69(76)46-47-70(77)85-53-26-57-93(9,10)89-92(7,8)56-25-52-84-68(75)29-20-19-28-67(74)83-51-24-55-91(5,6)88-90(3,4)54-23-50-81-66(73)12-2/h38-45,58-61H,11-37,46-57H2,1-10H3. The number of carbonyl (C=O) groups excluding carboxylic acids is 7. The predicted molar refractivity (Wildman–Crippen MR) is 374 cm³/mol. The van der Waals surface area contributed by atoms with E-state index in [9.17, 15) is 33.6 Å².